The topological polar surface area (TPSA) is 97.6 Å². The van der Waals surface area contributed by atoms with Crippen LogP contribution >= 0.6 is 0 Å². The molecule has 0 spiro atoms. The van der Waals surface area contributed by atoms with Crippen LogP contribution in [-0.2, 0) is 4.79 Å². The lowest BCUT2D eigenvalue weighted by molar-refractivity contribution is -0.120. The van der Waals surface area contributed by atoms with Crippen LogP contribution in [0.15, 0.2) is 22.7 Å². The zero-order chi connectivity index (χ0) is 18.0. The fourth-order valence-electron chi connectivity index (χ4n) is 2.40. The number of nitrogens with one attached hydrogen (secondary N) is 1. The van der Waals surface area contributed by atoms with Gasteiger partial charge in [-0.15, -0.1) is 0 Å². The Labute approximate surface area is 145 Å². The van der Waals surface area contributed by atoms with Gasteiger partial charge in [0.15, 0.2) is 6.61 Å². The van der Waals surface area contributed by atoms with Crippen molar-refractivity contribution in [1.82, 2.24) is 15.5 Å². The predicted molar refractivity (Wildman–Crippen MR) is 90.4 cm³/mol. The summed E-state index contributed by atoms with van der Waals surface area (Å²) in [7, 11) is 1.69. The van der Waals surface area contributed by atoms with E-state index < -0.39 is 0 Å². The lowest BCUT2D eigenvalue weighted by Gasteiger charge is -2.25. The number of ether oxygens (including phenoxy) is 1. The molecule has 1 aromatic heterocycles. The molecule has 8 heteroatoms. The Kier molecular flexibility index (Phi) is 4.69. The predicted octanol–water partition coefficient (Wildman–Crippen LogP) is 1.87. The summed E-state index contributed by atoms with van der Waals surface area (Å²) >= 11 is 0. The molecule has 0 unspecified atom stereocenters. The molecule has 132 valence electrons. The first-order valence-corrected chi connectivity index (χ1v) is 8.11. The Bertz CT molecular complexity index is 800. The summed E-state index contributed by atoms with van der Waals surface area (Å²) < 4.78 is 10.5. The average Bonchev–Trinajstić information content (AvgIpc) is 3.08. The third kappa shape index (κ3) is 3.62. The zero-order valence-electron chi connectivity index (χ0n) is 14.4. The van der Waals surface area contributed by atoms with E-state index in [2.05, 4.69) is 29.3 Å². The summed E-state index contributed by atoms with van der Waals surface area (Å²) in [5.74, 6) is 0.773. The Morgan fingerprint density at radius 1 is 1.40 bits per heavy atom. The lowest BCUT2D eigenvalue weighted by Crippen LogP contribution is -2.35. The Morgan fingerprint density at radius 2 is 2.20 bits per heavy atom. The number of hydrogen-bond acceptors (Lipinski definition) is 6. The van der Waals surface area contributed by atoms with Gasteiger partial charge in [-0.1, -0.05) is 19.0 Å². The quantitative estimate of drug-likeness (QED) is 0.889. The number of benzene rings is 1. The van der Waals surface area contributed by atoms with E-state index in [0.29, 0.717) is 35.3 Å². The molecule has 2 amide bonds. The van der Waals surface area contributed by atoms with Crippen LogP contribution in [0.25, 0.3) is 11.4 Å². The minimum atomic E-state index is -0.390. The molecule has 0 fully saturated rings. The molecule has 8 nitrogen and oxygen atoms in total. The zero-order valence-corrected chi connectivity index (χ0v) is 14.4. The van der Waals surface area contributed by atoms with Gasteiger partial charge < -0.3 is 19.5 Å². The van der Waals surface area contributed by atoms with Gasteiger partial charge in [0, 0.05) is 19.2 Å². The maximum absolute atomic E-state index is 12.0. The number of rotatable bonds is 5. The molecular weight excluding hydrogens is 324 g/mol. The minimum absolute atomic E-state index is 0.0112. The highest BCUT2D eigenvalue weighted by Gasteiger charge is 2.23. The Hall–Kier alpha value is -2.90. The maximum atomic E-state index is 12.0. The third-order valence-corrected chi connectivity index (χ3v) is 3.93. The van der Waals surface area contributed by atoms with Crippen LogP contribution < -0.4 is 15.0 Å². The van der Waals surface area contributed by atoms with Crippen molar-refractivity contribution in [2.24, 2.45) is 5.92 Å². The van der Waals surface area contributed by atoms with Crippen LogP contribution in [0.3, 0.4) is 0 Å². The SMILES string of the molecule is CC(C)CCNC(=O)c1nc(-c2ccc3c(c2)OCC(=O)N3C)no1. The van der Waals surface area contributed by atoms with E-state index in [4.69, 9.17) is 9.26 Å². The van der Waals surface area contributed by atoms with Crippen molar-refractivity contribution in [3.63, 3.8) is 0 Å². The number of likely N-dealkylation sites (N-methyl/N-ethyl adjacent to an activating group) is 1. The van der Waals surface area contributed by atoms with Crippen LogP contribution in [0.4, 0.5) is 5.69 Å². The molecule has 2 heterocycles. The van der Waals surface area contributed by atoms with Gasteiger partial charge in [-0.25, -0.2) is 0 Å². The van der Waals surface area contributed by atoms with Gasteiger partial charge in [-0.05, 0) is 30.5 Å². The maximum Gasteiger partial charge on any atom is 0.316 e. The normalized spacial score (nSPS) is 13.6. The number of fused-ring (bicyclic) bond motifs is 1. The molecule has 0 bridgehead atoms. The van der Waals surface area contributed by atoms with Gasteiger partial charge >= 0.3 is 11.8 Å². The molecule has 0 aliphatic carbocycles. The van der Waals surface area contributed by atoms with E-state index in [1.54, 1.807) is 25.2 Å². The second-order valence-corrected chi connectivity index (χ2v) is 6.29. The minimum Gasteiger partial charge on any atom is -0.482 e. The van der Waals surface area contributed by atoms with Crippen molar-refractivity contribution in [1.29, 1.82) is 0 Å². The molecule has 2 aromatic rings. The van der Waals surface area contributed by atoms with Gasteiger partial charge in [0.2, 0.25) is 5.82 Å². The molecule has 1 aliphatic heterocycles. The summed E-state index contributed by atoms with van der Waals surface area (Å²) in [6, 6.07) is 5.23. The van der Waals surface area contributed by atoms with Crippen molar-refractivity contribution in [3.8, 4) is 17.1 Å². The molecule has 1 N–H and O–H groups in total. The van der Waals surface area contributed by atoms with Crippen molar-refractivity contribution in [2.45, 2.75) is 20.3 Å². The highest BCUT2D eigenvalue weighted by atomic mass is 16.5. The Morgan fingerprint density at radius 3 is 2.96 bits per heavy atom. The number of nitrogens with zero attached hydrogens (tertiary/aromatic N) is 3. The number of anilines is 1. The first-order valence-electron chi connectivity index (χ1n) is 8.11. The highest BCUT2D eigenvalue weighted by molar-refractivity contribution is 5.97. The molecule has 0 atom stereocenters. The van der Waals surface area contributed by atoms with E-state index in [1.807, 2.05) is 0 Å². The molecule has 0 radical (unpaired) electrons. The smallest absolute Gasteiger partial charge is 0.316 e. The standard InChI is InChI=1S/C17H20N4O4/c1-10(2)6-7-18-16(23)17-19-15(20-25-17)11-4-5-12-13(8-11)24-9-14(22)21(12)3/h4-5,8,10H,6-7,9H2,1-3H3,(H,18,23). The molecule has 0 saturated heterocycles. The fourth-order valence-corrected chi connectivity index (χ4v) is 2.40. The van der Waals surface area contributed by atoms with E-state index >= 15 is 0 Å². The summed E-state index contributed by atoms with van der Waals surface area (Å²) in [5, 5.41) is 6.60. The van der Waals surface area contributed by atoms with Gasteiger partial charge in [-0.3, -0.25) is 9.59 Å². The molecule has 0 saturated carbocycles. The second kappa shape index (κ2) is 6.92. The van der Waals surface area contributed by atoms with Gasteiger partial charge in [0.25, 0.3) is 5.91 Å². The number of hydrogen-bond donors (Lipinski definition) is 1. The first kappa shape index (κ1) is 16.9. The number of carbonyl (C=O) groups is 2. The summed E-state index contributed by atoms with van der Waals surface area (Å²) in [4.78, 5) is 29.3. The van der Waals surface area contributed by atoms with Crippen LogP contribution in [-0.4, -0.2) is 42.2 Å². The molecular formula is C17H20N4O4. The lowest BCUT2D eigenvalue weighted by atomic mass is 10.1. The number of aromatic nitrogens is 2. The summed E-state index contributed by atoms with van der Waals surface area (Å²) in [6.07, 6.45) is 0.876. The van der Waals surface area contributed by atoms with E-state index in [1.165, 1.54) is 4.90 Å². The van der Waals surface area contributed by atoms with Crippen LogP contribution in [0, 0.1) is 5.92 Å². The molecule has 1 aliphatic rings. The molecule has 3 rings (SSSR count). The van der Waals surface area contributed by atoms with Crippen molar-refractivity contribution >= 4 is 17.5 Å². The van der Waals surface area contributed by atoms with Crippen LogP contribution in [0.1, 0.15) is 31.0 Å². The fraction of sp³-hybridized carbons (Fsp3) is 0.412. The monoisotopic (exact) mass is 344 g/mol. The molecule has 1 aromatic carbocycles. The van der Waals surface area contributed by atoms with Crippen LogP contribution in [0.2, 0.25) is 0 Å². The Balaban J connectivity index is 1.74. The average molecular weight is 344 g/mol. The van der Waals surface area contributed by atoms with Crippen molar-refractivity contribution in [3.05, 3.63) is 24.1 Å². The highest BCUT2D eigenvalue weighted by Crippen LogP contribution is 2.34. The second-order valence-electron chi connectivity index (χ2n) is 6.29. The van der Waals surface area contributed by atoms with Gasteiger partial charge in [0.1, 0.15) is 5.75 Å². The van der Waals surface area contributed by atoms with E-state index in [-0.39, 0.29) is 24.3 Å². The van der Waals surface area contributed by atoms with Gasteiger partial charge in [0.05, 0.1) is 5.69 Å². The molecule has 25 heavy (non-hydrogen) atoms. The third-order valence-electron chi connectivity index (χ3n) is 3.93. The number of carbonyl (C=O) groups excluding carboxylic acids is 2. The van der Waals surface area contributed by atoms with E-state index in [0.717, 1.165) is 6.42 Å². The van der Waals surface area contributed by atoms with E-state index in [9.17, 15) is 9.59 Å². The largest absolute Gasteiger partial charge is 0.482 e. The summed E-state index contributed by atoms with van der Waals surface area (Å²) in [6.45, 7) is 4.71. The van der Waals surface area contributed by atoms with Crippen LogP contribution in [0.5, 0.6) is 5.75 Å². The first-order chi connectivity index (χ1) is 12.0. The number of amides is 2. The summed E-state index contributed by atoms with van der Waals surface area (Å²) in [5.41, 5.74) is 1.32. The van der Waals surface area contributed by atoms with Crippen molar-refractivity contribution in [2.75, 3.05) is 25.1 Å². The van der Waals surface area contributed by atoms with Gasteiger partial charge in [-0.2, -0.15) is 4.98 Å². The van der Waals surface area contributed by atoms with Crippen molar-refractivity contribution < 1.29 is 18.8 Å².